The number of furan rings is 1. The Hall–Kier alpha value is -2.60. The minimum absolute atomic E-state index is 0.215. The summed E-state index contributed by atoms with van der Waals surface area (Å²) in [6, 6.07) is 12.9. The highest BCUT2D eigenvalue weighted by Crippen LogP contribution is 2.26. The van der Waals surface area contributed by atoms with Gasteiger partial charge in [0, 0.05) is 21.8 Å². The molecule has 0 fully saturated rings. The summed E-state index contributed by atoms with van der Waals surface area (Å²) in [5, 5.41) is 14.2. The van der Waals surface area contributed by atoms with Gasteiger partial charge in [0.15, 0.2) is 0 Å². The number of halogens is 1. The summed E-state index contributed by atoms with van der Waals surface area (Å²) in [4.78, 5) is 16.5. The number of hydrogen-bond acceptors (Lipinski definition) is 4. The number of para-hydroxylation sites is 1. The molecule has 5 nitrogen and oxygen atoms in total. The van der Waals surface area contributed by atoms with Gasteiger partial charge in [-0.2, -0.15) is 0 Å². The number of aromatic carboxylic acids is 1. The first-order chi connectivity index (χ1) is 13.1. The zero-order valence-corrected chi connectivity index (χ0v) is 16.5. The van der Waals surface area contributed by atoms with Gasteiger partial charge in [0.2, 0.25) is 0 Å². The molecule has 6 heteroatoms. The van der Waals surface area contributed by atoms with Crippen LogP contribution < -0.4 is 0 Å². The smallest absolute Gasteiger partial charge is 0.336 e. The molecule has 1 heterocycles. The average molecular weight is 430 g/mol. The lowest BCUT2D eigenvalue weighted by molar-refractivity contribution is 0.0695. The van der Waals surface area contributed by atoms with E-state index in [4.69, 9.17) is 14.4 Å². The predicted octanol–water partition coefficient (Wildman–Crippen LogP) is 5.79. The van der Waals surface area contributed by atoms with Crippen LogP contribution in [0.1, 0.15) is 47.0 Å². The van der Waals surface area contributed by atoms with E-state index in [9.17, 15) is 4.79 Å². The molecule has 0 radical (unpaired) electrons. The number of carboxylic acids is 1. The molecule has 0 bridgehead atoms. The van der Waals surface area contributed by atoms with Crippen LogP contribution in [0.4, 0.5) is 0 Å². The van der Waals surface area contributed by atoms with E-state index < -0.39 is 5.97 Å². The number of aryl methyl sites for hydroxylation is 1. The van der Waals surface area contributed by atoms with Crippen LogP contribution in [0.25, 0.3) is 11.0 Å². The van der Waals surface area contributed by atoms with E-state index in [1.54, 1.807) is 24.4 Å². The summed E-state index contributed by atoms with van der Waals surface area (Å²) in [7, 11) is 0. The third-order valence-corrected chi connectivity index (χ3v) is 4.88. The Balaban J connectivity index is 1.72. The fourth-order valence-electron chi connectivity index (χ4n) is 2.80. The Morgan fingerprint density at radius 3 is 2.85 bits per heavy atom. The van der Waals surface area contributed by atoms with Crippen molar-refractivity contribution < 1.29 is 19.2 Å². The number of benzene rings is 2. The predicted molar refractivity (Wildman–Crippen MR) is 108 cm³/mol. The van der Waals surface area contributed by atoms with Gasteiger partial charge in [-0.3, -0.25) is 0 Å². The van der Waals surface area contributed by atoms with Crippen LogP contribution >= 0.6 is 15.9 Å². The molecule has 0 amide bonds. The number of unbranched alkanes of at least 4 members (excludes halogenated alkanes) is 1. The van der Waals surface area contributed by atoms with Gasteiger partial charge >= 0.3 is 5.97 Å². The summed E-state index contributed by atoms with van der Waals surface area (Å²) in [6.07, 6.45) is 4.68. The highest BCUT2D eigenvalue weighted by atomic mass is 79.9. The van der Waals surface area contributed by atoms with E-state index in [1.165, 1.54) is 0 Å². The largest absolute Gasteiger partial charge is 0.478 e. The lowest BCUT2D eigenvalue weighted by atomic mass is 10.1. The average Bonchev–Trinajstić information content (AvgIpc) is 3.01. The van der Waals surface area contributed by atoms with Crippen molar-refractivity contribution in [2.45, 2.75) is 32.8 Å². The monoisotopic (exact) mass is 429 g/mol. The number of rotatable bonds is 8. The van der Waals surface area contributed by atoms with Crippen molar-refractivity contribution in [1.29, 1.82) is 0 Å². The number of hydrogen-bond donors (Lipinski definition) is 1. The summed E-state index contributed by atoms with van der Waals surface area (Å²) >= 11 is 3.26. The molecule has 1 aromatic heterocycles. The van der Waals surface area contributed by atoms with Crippen molar-refractivity contribution in [2.75, 3.05) is 0 Å². The van der Waals surface area contributed by atoms with Crippen LogP contribution in [-0.2, 0) is 17.9 Å². The summed E-state index contributed by atoms with van der Waals surface area (Å²) < 4.78 is 6.48. The molecular formula is C21H20BrNO4. The van der Waals surface area contributed by atoms with Crippen LogP contribution in [-0.4, -0.2) is 17.3 Å². The van der Waals surface area contributed by atoms with E-state index in [0.29, 0.717) is 4.47 Å². The van der Waals surface area contributed by atoms with E-state index in [0.717, 1.165) is 47.1 Å². The molecule has 0 unspecified atom stereocenters. The maximum absolute atomic E-state index is 11.0. The van der Waals surface area contributed by atoms with Crippen molar-refractivity contribution in [1.82, 2.24) is 0 Å². The Morgan fingerprint density at radius 2 is 2.11 bits per heavy atom. The molecule has 0 saturated heterocycles. The molecule has 0 aliphatic rings. The second kappa shape index (κ2) is 8.86. The zero-order valence-electron chi connectivity index (χ0n) is 14.9. The Bertz CT molecular complexity index is 977. The maximum atomic E-state index is 11.0. The van der Waals surface area contributed by atoms with Gasteiger partial charge < -0.3 is 14.4 Å². The number of oxime groups is 1. The third kappa shape index (κ3) is 4.57. The molecule has 0 atom stereocenters. The minimum Gasteiger partial charge on any atom is -0.478 e. The molecule has 1 N–H and O–H groups in total. The van der Waals surface area contributed by atoms with Gasteiger partial charge in [-0.15, -0.1) is 0 Å². The summed E-state index contributed by atoms with van der Waals surface area (Å²) in [6.45, 7) is 2.39. The number of carbonyl (C=O) groups is 1. The van der Waals surface area contributed by atoms with Gasteiger partial charge in [0.1, 0.15) is 18.0 Å². The van der Waals surface area contributed by atoms with Gasteiger partial charge in [0.05, 0.1) is 11.8 Å². The molecule has 0 aliphatic carbocycles. The second-order valence-corrected chi connectivity index (χ2v) is 7.02. The first-order valence-corrected chi connectivity index (χ1v) is 9.57. The lowest BCUT2D eigenvalue weighted by Crippen LogP contribution is -1.98. The topological polar surface area (TPSA) is 72.0 Å². The normalized spacial score (nSPS) is 11.3. The zero-order chi connectivity index (χ0) is 19.2. The van der Waals surface area contributed by atoms with Crippen molar-refractivity contribution in [3.05, 3.63) is 69.4 Å². The first kappa shape index (κ1) is 19.2. The highest BCUT2D eigenvalue weighted by Gasteiger charge is 2.12. The summed E-state index contributed by atoms with van der Waals surface area (Å²) in [5.74, 6) is -0.0576. The van der Waals surface area contributed by atoms with E-state index >= 15 is 0 Å². The van der Waals surface area contributed by atoms with Gasteiger partial charge in [-0.25, -0.2) is 4.79 Å². The molecule has 2 aromatic carbocycles. The molecule has 27 heavy (non-hydrogen) atoms. The standard InChI is InChI=1S/C21H20BrNO4/c1-2-3-7-20-17(15-6-4-5-8-19(15)27-20)12-23-26-13-14-9-10-16(21(24)25)18(22)11-14/h4-6,8-12H,2-3,7,13H2,1H3,(H,24,25)/b23-12-. The fourth-order valence-corrected chi connectivity index (χ4v) is 3.40. The summed E-state index contributed by atoms with van der Waals surface area (Å²) in [5.41, 5.74) is 2.83. The van der Waals surface area contributed by atoms with E-state index in [2.05, 4.69) is 28.0 Å². The Kier molecular flexibility index (Phi) is 6.29. The fraction of sp³-hybridized carbons (Fsp3) is 0.238. The van der Waals surface area contributed by atoms with E-state index in [-0.39, 0.29) is 12.2 Å². The molecule has 140 valence electrons. The van der Waals surface area contributed by atoms with Gasteiger partial charge in [0.25, 0.3) is 0 Å². The lowest BCUT2D eigenvalue weighted by Gasteiger charge is -2.03. The van der Waals surface area contributed by atoms with Crippen molar-refractivity contribution in [2.24, 2.45) is 5.16 Å². The van der Waals surface area contributed by atoms with Crippen LogP contribution in [0.5, 0.6) is 0 Å². The van der Waals surface area contributed by atoms with Crippen LogP contribution in [0, 0.1) is 0 Å². The molecule has 3 aromatic rings. The Labute approximate surface area is 165 Å². The molecule has 0 spiro atoms. The second-order valence-electron chi connectivity index (χ2n) is 6.17. The molecule has 3 rings (SSSR count). The quantitative estimate of drug-likeness (QED) is 0.363. The van der Waals surface area contributed by atoms with E-state index in [1.807, 2.05) is 24.3 Å². The highest BCUT2D eigenvalue weighted by molar-refractivity contribution is 9.10. The van der Waals surface area contributed by atoms with Gasteiger partial charge in [-0.1, -0.05) is 42.8 Å². The van der Waals surface area contributed by atoms with Gasteiger partial charge in [-0.05, 0) is 46.1 Å². The van der Waals surface area contributed by atoms with Crippen molar-refractivity contribution in [3.8, 4) is 0 Å². The van der Waals surface area contributed by atoms with Crippen molar-refractivity contribution in [3.63, 3.8) is 0 Å². The van der Waals surface area contributed by atoms with Crippen molar-refractivity contribution >= 4 is 39.1 Å². The minimum atomic E-state index is -0.973. The molecule has 0 saturated carbocycles. The van der Waals surface area contributed by atoms with Crippen LogP contribution in [0.2, 0.25) is 0 Å². The molecular weight excluding hydrogens is 410 g/mol. The van der Waals surface area contributed by atoms with Crippen LogP contribution in [0.15, 0.2) is 56.5 Å². The first-order valence-electron chi connectivity index (χ1n) is 8.77. The SMILES string of the molecule is CCCCc1oc2ccccc2c1/C=N\OCc1ccc(C(=O)O)c(Br)c1. The third-order valence-electron chi connectivity index (χ3n) is 4.22. The molecule has 0 aliphatic heterocycles. The number of nitrogens with zero attached hydrogens (tertiary/aromatic N) is 1. The number of carboxylic acid groups (broad SMARTS) is 1. The maximum Gasteiger partial charge on any atom is 0.336 e. The van der Waals surface area contributed by atoms with Crippen LogP contribution in [0.3, 0.4) is 0 Å². The number of fused-ring (bicyclic) bond motifs is 1. The Morgan fingerprint density at radius 1 is 1.30 bits per heavy atom.